The number of benzene rings is 6. The largest absolute Gasteiger partial charge is 0.456 e. The standard InChI is InChI=1S/C36H21B2NO3/c1-2-12-22(13-3-1)39-27-18-8-4-14-23(27)37-24-15-5-10-20-29(24)41-35-31(37)33(39)34-32-36(35)42-30-21-11-7-17-26(30)38(32)25-16-6-9-19-28(25)40-34/h1-21H. The van der Waals surface area contributed by atoms with Gasteiger partial charge in [-0.25, -0.2) is 0 Å². The molecule has 0 aromatic heterocycles. The summed E-state index contributed by atoms with van der Waals surface area (Å²) in [5, 5.41) is 0. The lowest BCUT2D eigenvalue weighted by Gasteiger charge is -2.44. The molecule has 0 saturated heterocycles. The summed E-state index contributed by atoms with van der Waals surface area (Å²) in [6, 6.07) is 44.4. The lowest BCUT2D eigenvalue weighted by Crippen LogP contribution is -2.62. The molecule has 0 bridgehead atoms. The number of anilines is 3. The fourth-order valence-electron chi connectivity index (χ4n) is 7.39. The van der Waals surface area contributed by atoms with Crippen LogP contribution in [0.1, 0.15) is 0 Å². The molecule has 0 aliphatic carbocycles. The van der Waals surface area contributed by atoms with E-state index >= 15 is 0 Å². The first-order valence-corrected chi connectivity index (χ1v) is 14.3. The highest BCUT2D eigenvalue weighted by Gasteiger charge is 2.50. The fraction of sp³-hybridized carbons (Fsp3) is 0. The zero-order valence-electron chi connectivity index (χ0n) is 22.5. The van der Waals surface area contributed by atoms with E-state index in [1.807, 2.05) is 18.2 Å². The van der Waals surface area contributed by atoms with Gasteiger partial charge in [-0.1, -0.05) is 91.0 Å². The van der Waals surface area contributed by atoms with Crippen LogP contribution < -0.4 is 51.9 Å². The second-order valence-electron chi connectivity index (χ2n) is 11.2. The molecule has 0 saturated carbocycles. The monoisotopic (exact) mass is 537 g/mol. The third-order valence-corrected chi connectivity index (χ3v) is 9.04. The van der Waals surface area contributed by atoms with E-state index in [4.69, 9.17) is 14.2 Å². The number of para-hydroxylation sites is 5. The van der Waals surface area contributed by atoms with Gasteiger partial charge in [0.15, 0.2) is 11.5 Å². The number of hydrogen-bond donors (Lipinski definition) is 0. The minimum Gasteiger partial charge on any atom is -0.456 e. The zero-order valence-corrected chi connectivity index (χ0v) is 22.5. The molecule has 4 nitrogen and oxygen atoms in total. The Hall–Kier alpha value is -5.35. The average molecular weight is 537 g/mol. The van der Waals surface area contributed by atoms with Crippen molar-refractivity contribution in [2.75, 3.05) is 4.90 Å². The van der Waals surface area contributed by atoms with Gasteiger partial charge in [0.1, 0.15) is 23.0 Å². The molecule has 0 fully saturated rings. The van der Waals surface area contributed by atoms with Crippen LogP contribution in [-0.2, 0) is 0 Å². The van der Waals surface area contributed by atoms with E-state index in [2.05, 4.69) is 114 Å². The second-order valence-corrected chi connectivity index (χ2v) is 11.2. The smallest absolute Gasteiger partial charge is 0.260 e. The Morgan fingerprint density at radius 2 is 0.857 bits per heavy atom. The Morgan fingerprint density at radius 1 is 0.405 bits per heavy atom. The summed E-state index contributed by atoms with van der Waals surface area (Å²) in [7, 11) is 0. The van der Waals surface area contributed by atoms with Crippen molar-refractivity contribution >= 4 is 63.3 Å². The molecule has 4 aliphatic heterocycles. The Morgan fingerprint density at radius 3 is 1.48 bits per heavy atom. The van der Waals surface area contributed by atoms with Crippen LogP contribution in [0.3, 0.4) is 0 Å². The Balaban J connectivity index is 1.39. The molecular formula is C36H21B2NO3. The molecule has 4 heterocycles. The van der Waals surface area contributed by atoms with Gasteiger partial charge in [0.2, 0.25) is 0 Å². The van der Waals surface area contributed by atoms with Crippen molar-refractivity contribution < 1.29 is 14.2 Å². The molecule has 194 valence electrons. The SMILES string of the molecule is c1ccc(N2c3ccccc3B3c4ccccc4Oc4c5c6c(c2c43)Oc2ccccc2B6c2ccccc2O5)cc1. The molecular weight excluding hydrogens is 516 g/mol. The van der Waals surface area contributed by atoms with Crippen molar-refractivity contribution in [3.8, 4) is 34.5 Å². The summed E-state index contributed by atoms with van der Waals surface area (Å²) in [6.07, 6.45) is 0. The van der Waals surface area contributed by atoms with Crippen LogP contribution in [0.25, 0.3) is 0 Å². The van der Waals surface area contributed by atoms with Crippen LogP contribution in [0.15, 0.2) is 127 Å². The summed E-state index contributed by atoms with van der Waals surface area (Å²) in [5.74, 6) is 4.92. The lowest BCUT2D eigenvalue weighted by atomic mass is 9.31. The highest BCUT2D eigenvalue weighted by molar-refractivity contribution is 7.01. The number of rotatable bonds is 1. The Kier molecular flexibility index (Phi) is 4.32. The van der Waals surface area contributed by atoms with Crippen LogP contribution in [0.2, 0.25) is 0 Å². The van der Waals surface area contributed by atoms with E-state index in [-0.39, 0.29) is 13.4 Å². The third-order valence-electron chi connectivity index (χ3n) is 9.04. The van der Waals surface area contributed by atoms with Crippen LogP contribution in [0.5, 0.6) is 34.5 Å². The van der Waals surface area contributed by atoms with Crippen LogP contribution in [0.4, 0.5) is 17.1 Å². The van der Waals surface area contributed by atoms with Gasteiger partial charge in [0, 0.05) is 22.3 Å². The topological polar surface area (TPSA) is 30.9 Å². The summed E-state index contributed by atoms with van der Waals surface area (Å²) >= 11 is 0. The first kappa shape index (κ1) is 22.4. The lowest BCUT2D eigenvalue weighted by molar-refractivity contribution is 0.418. The minimum absolute atomic E-state index is 0.0438. The van der Waals surface area contributed by atoms with Crippen molar-refractivity contribution in [2.45, 2.75) is 0 Å². The number of ether oxygens (including phenoxy) is 3. The maximum atomic E-state index is 6.99. The normalized spacial score (nSPS) is 14.1. The van der Waals surface area contributed by atoms with Crippen molar-refractivity contribution in [3.63, 3.8) is 0 Å². The summed E-state index contributed by atoms with van der Waals surface area (Å²) < 4.78 is 20.7. The number of nitrogens with zero attached hydrogens (tertiary/aromatic N) is 1. The molecule has 0 spiro atoms. The zero-order chi connectivity index (χ0) is 27.4. The van der Waals surface area contributed by atoms with Crippen LogP contribution >= 0.6 is 0 Å². The Labute approximate surface area is 243 Å². The summed E-state index contributed by atoms with van der Waals surface area (Å²) in [6.45, 7) is -0.0990. The maximum Gasteiger partial charge on any atom is 0.260 e. The third kappa shape index (κ3) is 2.79. The van der Waals surface area contributed by atoms with Crippen molar-refractivity contribution in [2.24, 2.45) is 0 Å². The molecule has 10 rings (SSSR count). The number of fused-ring (bicyclic) bond motifs is 10. The molecule has 6 aromatic rings. The molecule has 4 aliphatic rings. The van der Waals surface area contributed by atoms with Crippen LogP contribution in [0, 0.1) is 0 Å². The Bertz CT molecular complexity index is 2100. The molecule has 0 unspecified atom stereocenters. The summed E-state index contributed by atoms with van der Waals surface area (Å²) in [5.41, 5.74) is 9.92. The van der Waals surface area contributed by atoms with Gasteiger partial charge in [-0.2, -0.15) is 0 Å². The maximum absolute atomic E-state index is 6.99. The van der Waals surface area contributed by atoms with Gasteiger partial charge < -0.3 is 19.1 Å². The van der Waals surface area contributed by atoms with Crippen molar-refractivity contribution in [1.29, 1.82) is 0 Å². The van der Waals surface area contributed by atoms with Gasteiger partial charge in [0.25, 0.3) is 13.4 Å². The van der Waals surface area contributed by atoms with Crippen molar-refractivity contribution in [1.82, 2.24) is 0 Å². The van der Waals surface area contributed by atoms with E-state index in [1.54, 1.807) is 0 Å². The molecule has 6 heteroatoms. The number of hydrogen-bond acceptors (Lipinski definition) is 4. The summed E-state index contributed by atoms with van der Waals surface area (Å²) in [4.78, 5) is 2.35. The van der Waals surface area contributed by atoms with E-state index in [0.717, 1.165) is 78.9 Å². The highest BCUT2D eigenvalue weighted by Crippen LogP contribution is 2.51. The minimum atomic E-state index is -0.0551. The van der Waals surface area contributed by atoms with Gasteiger partial charge in [-0.15, -0.1) is 0 Å². The van der Waals surface area contributed by atoms with Crippen molar-refractivity contribution in [3.05, 3.63) is 127 Å². The molecule has 0 N–H and O–H groups in total. The van der Waals surface area contributed by atoms with E-state index in [0.29, 0.717) is 0 Å². The van der Waals surface area contributed by atoms with Gasteiger partial charge >= 0.3 is 0 Å². The molecule has 42 heavy (non-hydrogen) atoms. The predicted molar refractivity (Wildman–Crippen MR) is 170 cm³/mol. The quantitative estimate of drug-likeness (QED) is 0.281. The highest BCUT2D eigenvalue weighted by atomic mass is 16.5. The predicted octanol–water partition coefficient (Wildman–Crippen LogP) is 4.82. The molecule has 0 radical (unpaired) electrons. The molecule has 6 aromatic carbocycles. The first-order chi connectivity index (χ1) is 20.9. The van der Waals surface area contributed by atoms with Gasteiger partial charge in [-0.05, 0) is 58.2 Å². The van der Waals surface area contributed by atoms with E-state index in [9.17, 15) is 0 Å². The van der Waals surface area contributed by atoms with Crippen LogP contribution in [-0.4, -0.2) is 13.4 Å². The average Bonchev–Trinajstić information content (AvgIpc) is 3.06. The van der Waals surface area contributed by atoms with Gasteiger partial charge in [-0.3, -0.25) is 0 Å². The first-order valence-electron chi connectivity index (χ1n) is 14.3. The van der Waals surface area contributed by atoms with Gasteiger partial charge in [0.05, 0.1) is 5.69 Å². The van der Waals surface area contributed by atoms with E-state index in [1.165, 1.54) is 5.46 Å². The second kappa shape index (κ2) is 8.11. The fourth-order valence-corrected chi connectivity index (χ4v) is 7.39. The van der Waals surface area contributed by atoms with E-state index < -0.39 is 0 Å². The molecule has 0 amide bonds. The molecule has 0 atom stereocenters.